The Balaban J connectivity index is 2.22. The van der Waals surface area contributed by atoms with Crippen molar-refractivity contribution in [1.29, 1.82) is 0 Å². The number of halogens is 1. The lowest BCUT2D eigenvalue weighted by atomic mass is 9.91. The second kappa shape index (κ2) is 5.57. The van der Waals surface area contributed by atoms with E-state index in [4.69, 9.17) is 5.11 Å². The fraction of sp³-hybridized carbons (Fsp3) is 0.500. The fourth-order valence-electron chi connectivity index (χ4n) is 2.61. The number of rotatable bonds is 3. The van der Waals surface area contributed by atoms with E-state index in [0.29, 0.717) is 13.1 Å². The summed E-state index contributed by atoms with van der Waals surface area (Å²) in [7, 11) is 0. The highest BCUT2D eigenvalue weighted by atomic mass is 19.1. The zero-order valence-corrected chi connectivity index (χ0v) is 10.8. The van der Waals surface area contributed by atoms with Crippen molar-refractivity contribution < 1.29 is 19.4 Å². The first-order chi connectivity index (χ1) is 9.00. The van der Waals surface area contributed by atoms with Crippen LogP contribution in [0.1, 0.15) is 30.1 Å². The summed E-state index contributed by atoms with van der Waals surface area (Å²) < 4.78 is 13.9. The van der Waals surface area contributed by atoms with Gasteiger partial charge in [-0.25, -0.2) is 9.18 Å². The van der Waals surface area contributed by atoms with E-state index in [-0.39, 0.29) is 23.3 Å². The van der Waals surface area contributed by atoms with E-state index in [0.717, 1.165) is 12.8 Å². The van der Waals surface area contributed by atoms with Crippen molar-refractivity contribution in [3.05, 3.63) is 29.6 Å². The van der Waals surface area contributed by atoms with Gasteiger partial charge in [0.05, 0.1) is 17.4 Å². The Bertz CT molecular complexity index is 468. The predicted octanol–water partition coefficient (Wildman–Crippen LogP) is 2.12. The quantitative estimate of drug-likeness (QED) is 0.880. The molecule has 1 aromatic rings. The number of para-hydroxylation sites is 1. The standard InChI is InChI=1S/C14H18FNO3/c1-9(17)10-5-7-16(8-6-10)13-11(14(18)19)3-2-4-12(13)15/h2-4,9-10,17H,5-8H2,1H3,(H,18,19). The van der Waals surface area contributed by atoms with Gasteiger partial charge in [-0.1, -0.05) is 6.07 Å². The second-order valence-corrected chi connectivity index (χ2v) is 5.01. The zero-order valence-electron chi connectivity index (χ0n) is 10.8. The minimum Gasteiger partial charge on any atom is -0.478 e. The van der Waals surface area contributed by atoms with Crippen LogP contribution in [-0.2, 0) is 0 Å². The Morgan fingerprint density at radius 1 is 1.42 bits per heavy atom. The van der Waals surface area contributed by atoms with Crippen LogP contribution in [0, 0.1) is 11.7 Å². The summed E-state index contributed by atoms with van der Waals surface area (Å²) in [4.78, 5) is 12.9. The number of hydrogen-bond acceptors (Lipinski definition) is 3. The van der Waals surface area contributed by atoms with Crippen molar-refractivity contribution in [3.63, 3.8) is 0 Å². The van der Waals surface area contributed by atoms with Gasteiger partial charge in [0, 0.05) is 13.1 Å². The Labute approximate surface area is 111 Å². The third kappa shape index (κ3) is 2.87. The zero-order chi connectivity index (χ0) is 14.0. The molecule has 0 radical (unpaired) electrons. The Hall–Kier alpha value is -1.62. The lowest BCUT2D eigenvalue weighted by molar-refractivity contribution is 0.0696. The van der Waals surface area contributed by atoms with Gasteiger partial charge in [-0.05, 0) is 37.8 Å². The summed E-state index contributed by atoms with van der Waals surface area (Å²) in [6.45, 7) is 2.89. The molecule has 1 aliphatic heterocycles. The van der Waals surface area contributed by atoms with Crippen molar-refractivity contribution >= 4 is 11.7 Å². The number of nitrogens with zero attached hydrogens (tertiary/aromatic N) is 1. The number of piperidine rings is 1. The van der Waals surface area contributed by atoms with Gasteiger partial charge in [0.15, 0.2) is 0 Å². The molecule has 1 atom stereocenters. The highest BCUT2D eigenvalue weighted by Gasteiger charge is 2.26. The minimum atomic E-state index is -1.12. The molecule has 1 aromatic carbocycles. The monoisotopic (exact) mass is 267 g/mol. The predicted molar refractivity (Wildman–Crippen MR) is 70.0 cm³/mol. The topological polar surface area (TPSA) is 60.8 Å². The summed E-state index contributed by atoms with van der Waals surface area (Å²) in [6.07, 6.45) is 1.11. The van der Waals surface area contributed by atoms with E-state index in [1.807, 2.05) is 0 Å². The fourth-order valence-corrected chi connectivity index (χ4v) is 2.61. The molecule has 0 saturated carbocycles. The number of carboxylic acids is 1. The molecule has 1 unspecified atom stereocenters. The van der Waals surface area contributed by atoms with Gasteiger partial charge in [0.2, 0.25) is 0 Å². The first kappa shape index (κ1) is 13.8. The normalized spacial score (nSPS) is 18.4. The lowest BCUT2D eigenvalue weighted by Crippen LogP contribution is -2.38. The molecule has 1 saturated heterocycles. The average molecular weight is 267 g/mol. The number of aliphatic hydroxyl groups is 1. The highest BCUT2D eigenvalue weighted by Crippen LogP contribution is 2.30. The Morgan fingerprint density at radius 3 is 2.58 bits per heavy atom. The molecule has 2 N–H and O–H groups in total. The molecule has 0 bridgehead atoms. The van der Waals surface area contributed by atoms with Gasteiger partial charge in [0.1, 0.15) is 5.82 Å². The van der Waals surface area contributed by atoms with E-state index in [2.05, 4.69) is 0 Å². The number of benzene rings is 1. The van der Waals surface area contributed by atoms with Gasteiger partial charge in [-0.15, -0.1) is 0 Å². The molecule has 0 aliphatic carbocycles. The third-order valence-corrected chi connectivity index (χ3v) is 3.76. The second-order valence-electron chi connectivity index (χ2n) is 5.01. The van der Waals surface area contributed by atoms with Gasteiger partial charge < -0.3 is 15.1 Å². The number of carboxylic acid groups (broad SMARTS) is 1. The van der Waals surface area contributed by atoms with Crippen LogP contribution in [0.25, 0.3) is 0 Å². The van der Waals surface area contributed by atoms with E-state index in [1.54, 1.807) is 11.8 Å². The smallest absolute Gasteiger partial charge is 0.337 e. The molecule has 0 spiro atoms. The third-order valence-electron chi connectivity index (χ3n) is 3.76. The molecule has 4 nitrogen and oxygen atoms in total. The summed E-state index contributed by atoms with van der Waals surface area (Å²) >= 11 is 0. The summed E-state index contributed by atoms with van der Waals surface area (Å²) in [6, 6.07) is 4.11. The van der Waals surface area contributed by atoms with Crippen LogP contribution in [-0.4, -0.2) is 35.4 Å². The maximum absolute atomic E-state index is 13.9. The van der Waals surface area contributed by atoms with E-state index < -0.39 is 11.8 Å². The van der Waals surface area contributed by atoms with Crippen LogP contribution in [0.2, 0.25) is 0 Å². The number of hydrogen-bond donors (Lipinski definition) is 2. The van der Waals surface area contributed by atoms with Crippen LogP contribution in [0.5, 0.6) is 0 Å². The number of anilines is 1. The Morgan fingerprint density at radius 2 is 2.05 bits per heavy atom. The SMILES string of the molecule is CC(O)C1CCN(c2c(F)cccc2C(=O)O)CC1. The van der Waals surface area contributed by atoms with Crippen LogP contribution in [0.15, 0.2) is 18.2 Å². The number of carbonyl (C=O) groups is 1. The molecule has 1 fully saturated rings. The molecule has 2 rings (SSSR count). The van der Waals surface area contributed by atoms with E-state index >= 15 is 0 Å². The summed E-state index contributed by atoms with van der Waals surface area (Å²) in [5, 5.41) is 18.7. The van der Waals surface area contributed by atoms with Crippen molar-refractivity contribution in [3.8, 4) is 0 Å². The van der Waals surface area contributed by atoms with Crippen LogP contribution < -0.4 is 4.90 Å². The minimum absolute atomic E-state index is 0.00417. The summed E-state index contributed by atoms with van der Waals surface area (Å²) in [5.74, 6) is -1.42. The summed E-state index contributed by atoms with van der Waals surface area (Å²) in [5.41, 5.74) is 0.162. The van der Waals surface area contributed by atoms with Crippen molar-refractivity contribution in [1.82, 2.24) is 0 Å². The maximum atomic E-state index is 13.9. The number of aliphatic hydroxyl groups excluding tert-OH is 1. The largest absolute Gasteiger partial charge is 0.478 e. The van der Waals surface area contributed by atoms with E-state index in [1.165, 1.54) is 18.2 Å². The average Bonchev–Trinajstić information content (AvgIpc) is 2.38. The lowest BCUT2D eigenvalue weighted by Gasteiger charge is -2.35. The van der Waals surface area contributed by atoms with Crippen LogP contribution in [0.4, 0.5) is 10.1 Å². The molecule has 5 heteroatoms. The molecular formula is C14H18FNO3. The van der Waals surface area contributed by atoms with Crippen molar-refractivity contribution in [2.75, 3.05) is 18.0 Å². The first-order valence-corrected chi connectivity index (χ1v) is 6.45. The molecule has 1 aliphatic rings. The van der Waals surface area contributed by atoms with Crippen molar-refractivity contribution in [2.24, 2.45) is 5.92 Å². The van der Waals surface area contributed by atoms with Gasteiger partial charge in [-0.3, -0.25) is 0 Å². The molecule has 104 valence electrons. The van der Waals surface area contributed by atoms with Crippen molar-refractivity contribution in [2.45, 2.75) is 25.9 Å². The molecule has 0 amide bonds. The molecule has 1 heterocycles. The van der Waals surface area contributed by atoms with Gasteiger partial charge in [-0.2, -0.15) is 0 Å². The van der Waals surface area contributed by atoms with Gasteiger partial charge in [0.25, 0.3) is 0 Å². The van der Waals surface area contributed by atoms with Crippen LogP contribution >= 0.6 is 0 Å². The van der Waals surface area contributed by atoms with Gasteiger partial charge >= 0.3 is 5.97 Å². The number of aromatic carboxylic acids is 1. The maximum Gasteiger partial charge on any atom is 0.337 e. The molecule has 19 heavy (non-hydrogen) atoms. The highest BCUT2D eigenvalue weighted by molar-refractivity contribution is 5.94. The molecule has 0 aromatic heterocycles. The van der Waals surface area contributed by atoms with Crippen LogP contribution in [0.3, 0.4) is 0 Å². The Kier molecular flexibility index (Phi) is 4.04. The van der Waals surface area contributed by atoms with E-state index in [9.17, 15) is 14.3 Å². The first-order valence-electron chi connectivity index (χ1n) is 6.45. The molecular weight excluding hydrogens is 249 g/mol.